The minimum absolute atomic E-state index is 0.777. The summed E-state index contributed by atoms with van der Waals surface area (Å²) in [6.45, 7) is 7.36. The Labute approximate surface area is 117 Å². The number of piperazine rings is 1. The average Bonchev–Trinajstić information content (AvgIpc) is 2.80. The maximum Gasteiger partial charge on any atom is 0.167 e. The quantitative estimate of drug-likeness (QED) is 0.936. The molecule has 1 saturated heterocycles. The molecule has 1 aromatic heterocycles. The summed E-state index contributed by atoms with van der Waals surface area (Å²) in [5, 5.41) is 9.37. The maximum atomic E-state index is 6.18. The molecule has 0 unspecified atom stereocenters. The Morgan fingerprint density at radius 1 is 1.37 bits per heavy atom. The molecule has 4 nitrogen and oxygen atoms in total. The molecule has 3 rings (SSSR count). The number of hydrogen-bond acceptors (Lipinski definition) is 4. The van der Waals surface area contributed by atoms with Gasteiger partial charge in [0.15, 0.2) is 5.58 Å². The number of benzene rings is 1. The van der Waals surface area contributed by atoms with E-state index in [4.69, 9.17) is 16.1 Å². The molecule has 0 bridgehead atoms. The van der Waals surface area contributed by atoms with Crippen molar-refractivity contribution in [1.29, 1.82) is 0 Å². The second-order valence-electron chi connectivity index (χ2n) is 5.07. The number of aromatic nitrogens is 1. The van der Waals surface area contributed by atoms with Gasteiger partial charge in [0.05, 0.1) is 5.69 Å². The highest BCUT2D eigenvalue weighted by Crippen LogP contribution is 2.26. The molecule has 1 fully saturated rings. The lowest BCUT2D eigenvalue weighted by Gasteiger charge is -2.26. The van der Waals surface area contributed by atoms with Crippen molar-refractivity contribution < 1.29 is 4.52 Å². The first kappa shape index (κ1) is 12.9. The topological polar surface area (TPSA) is 41.3 Å². The molecule has 0 saturated carbocycles. The van der Waals surface area contributed by atoms with Gasteiger partial charge >= 0.3 is 0 Å². The van der Waals surface area contributed by atoms with E-state index in [1.165, 1.54) is 0 Å². The molecular formula is C14H18ClN3O. The first-order valence-electron chi connectivity index (χ1n) is 6.71. The summed E-state index contributed by atoms with van der Waals surface area (Å²) in [6.07, 6.45) is 0.909. The molecule has 5 heteroatoms. The Morgan fingerprint density at radius 3 is 2.95 bits per heavy atom. The second-order valence-corrected chi connectivity index (χ2v) is 5.48. The molecule has 0 atom stereocenters. The summed E-state index contributed by atoms with van der Waals surface area (Å²) in [4.78, 5) is 2.45. The summed E-state index contributed by atoms with van der Waals surface area (Å²) in [5.41, 5.74) is 2.87. The molecule has 102 valence electrons. The molecular weight excluding hydrogens is 262 g/mol. The number of halogens is 1. The molecule has 1 N–H and O–H groups in total. The summed E-state index contributed by atoms with van der Waals surface area (Å²) in [6, 6.07) is 3.93. The maximum absolute atomic E-state index is 6.18. The Hall–Kier alpha value is -1.10. The first-order valence-corrected chi connectivity index (χ1v) is 7.09. The van der Waals surface area contributed by atoms with Gasteiger partial charge in [-0.25, -0.2) is 0 Å². The Balaban J connectivity index is 1.75. The van der Waals surface area contributed by atoms with Gasteiger partial charge in [-0.3, -0.25) is 0 Å². The van der Waals surface area contributed by atoms with Crippen molar-refractivity contribution in [3.63, 3.8) is 0 Å². The molecule has 1 aliphatic rings. The number of hydrogen-bond donors (Lipinski definition) is 1. The van der Waals surface area contributed by atoms with E-state index in [1.54, 1.807) is 0 Å². The standard InChI is InChI=1S/C14H18ClN3O/c1-10-8-14-11(9-12(10)15)13(17-19-14)2-5-18-6-3-16-4-7-18/h8-9,16H,2-7H2,1H3. The van der Waals surface area contributed by atoms with E-state index >= 15 is 0 Å². The van der Waals surface area contributed by atoms with Crippen LogP contribution in [0.1, 0.15) is 11.3 Å². The van der Waals surface area contributed by atoms with Crippen molar-refractivity contribution in [2.45, 2.75) is 13.3 Å². The van der Waals surface area contributed by atoms with Crippen molar-refractivity contribution in [2.75, 3.05) is 32.7 Å². The highest BCUT2D eigenvalue weighted by molar-refractivity contribution is 6.32. The van der Waals surface area contributed by atoms with Gasteiger partial charge in [-0.05, 0) is 24.6 Å². The van der Waals surface area contributed by atoms with Crippen LogP contribution in [0, 0.1) is 6.92 Å². The van der Waals surface area contributed by atoms with Crippen LogP contribution in [-0.2, 0) is 6.42 Å². The Morgan fingerprint density at radius 2 is 2.16 bits per heavy atom. The van der Waals surface area contributed by atoms with Gasteiger partial charge in [-0.2, -0.15) is 0 Å². The number of nitrogens with one attached hydrogen (secondary N) is 1. The minimum atomic E-state index is 0.777. The fraction of sp³-hybridized carbons (Fsp3) is 0.500. The van der Waals surface area contributed by atoms with Crippen LogP contribution in [0.3, 0.4) is 0 Å². The van der Waals surface area contributed by atoms with Crippen molar-refractivity contribution in [3.8, 4) is 0 Å². The van der Waals surface area contributed by atoms with E-state index in [0.717, 1.165) is 66.4 Å². The van der Waals surface area contributed by atoms with Crippen LogP contribution in [-0.4, -0.2) is 42.8 Å². The van der Waals surface area contributed by atoms with E-state index in [0.29, 0.717) is 0 Å². The van der Waals surface area contributed by atoms with Crippen LogP contribution in [0.25, 0.3) is 11.0 Å². The third kappa shape index (κ3) is 2.76. The average molecular weight is 280 g/mol. The molecule has 1 aromatic carbocycles. The normalized spacial score (nSPS) is 17.2. The fourth-order valence-electron chi connectivity index (χ4n) is 2.49. The molecule has 0 amide bonds. The van der Waals surface area contributed by atoms with Crippen LogP contribution < -0.4 is 5.32 Å². The van der Waals surface area contributed by atoms with Crippen LogP contribution in [0.15, 0.2) is 16.7 Å². The Kier molecular flexibility index (Phi) is 3.73. The monoisotopic (exact) mass is 279 g/mol. The molecule has 2 aromatic rings. The second kappa shape index (κ2) is 5.49. The van der Waals surface area contributed by atoms with Gasteiger partial charge in [-0.15, -0.1) is 0 Å². The highest BCUT2D eigenvalue weighted by Gasteiger charge is 2.13. The minimum Gasteiger partial charge on any atom is -0.356 e. The van der Waals surface area contributed by atoms with Crippen LogP contribution in [0.5, 0.6) is 0 Å². The van der Waals surface area contributed by atoms with E-state index in [2.05, 4.69) is 15.4 Å². The summed E-state index contributed by atoms with van der Waals surface area (Å²) < 4.78 is 5.39. The molecule has 2 heterocycles. The number of nitrogens with zero attached hydrogens (tertiary/aromatic N) is 2. The summed E-state index contributed by atoms with van der Waals surface area (Å²) in [7, 11) is 0. The van der Waals surface area contributed by atoms with Gasteiger partial charge in [-0.1, -0.05) is 16.8 Å². The van der Waals surface area contributed by atoms with Crippen molar-refractivity contribution in [3.05, 3.63) is 28.4 Å². The van der Waals surface area contributed by atoms with Gasteiger partial charge in [0, 0.05) is 49.6 Å². The first-order chi connectivity index (χ1) is 9.24. The smallest absolute Gasteiger partial charge is 0.167 e. The van der Waals surface area contributed by atoms with Crippen LogP contribution in [0.2, 0.25) is 5.02 Å². The zero-order valence-electron chi connectivity index (χ0n) is 11.1. The number of rotatable bonds is 3. The van der Waals surface area contributed by atoms with Gasteiger partial charge in [0.25, 0.3) is 0 Å². The molecule has 1 aliphatic heterocycles. The summed E-state index contributed by atoms with van der Waals surface area (Å²) in [5.74, 6) is 0. The number of aryl methyl sites for hydroxylation is 1. The van der Waals surface area contributed by atoms with E-state index in [9.17, 15) is 0 Å². The van der Waals surface area contributed by atoms with Gasteiger partial charge in [0.1, 0.15) is 0 Å². The molecule has 0 radical (unpaired) electrons. The SMILES string of the molecule is Cc1cc2onc(CCN3CCNCC3)c2cc1Cl. The lowest BCUT2D eigenvalue weighted by atomic mass is 10.1. The van der Waals surface area contributed by atoms with E-state index in [1.807, 2.05) is 19.1 Å². The fourth-order valence-corrected chi connectivity index (χ4v) is 2.65. The highest BCUT2D eigenvalue weighted by atomic mass is 35.5. The van der Waals surface area contributed by atoms with Crippen molar-refractivity contribution in [2.24, 2.45) is 0 Å². The number of fused-ring (bicyclic) bond motifs is 1. The lowest BCUT2D eigenvalue weighted by Crippen LogP contribution is -2.44. The largest absolute Gasteiger partial charge is 0.356 e. The van der Waals surface area contributed by atoms with E-state index in [-0.39, 0.29) is 0 Å². The van der Waals surface area contributed by atoms with Gasteiger partial charge in [0.2, 0.25) is 0 Å². The van der Waals surface area contributed by atoms with Crippen molar-refractivity contribution in [1.82, 2.24) is 15.4 Å². The third-order valence-corrected chi connectivity index (χ3v) is 4.11. The zero-order chi connectivity index (χ0) is 13.2. The summed E-state index contributed by atoms with van der Waals surface area (Å²) >= 11 is 6.18. The predicted octanol–water partition coefficient (Wildman–Crippen LogP) is 2.24. The van der Waals surface area contributed by atoms with E-state index < -0.39 is 0 Å². The zero-order valence-corrected chi connectivity index (χ0v) is 11.8. The lowest BCUT2D eigenvalue weighted by molar-refractivity contribution is 0.242. The van der Waals surface area contributed by atoms with Crippen LogP contribution in [0.4, 0.5) is 0 Å². The third-order valence-electron chi connectivity index (χ3n) is 3.70. The molecule has 0 spiro atoms. The molecule has 0 aliphatic carbocycles. The van der Waals surface area contributed by atoms with Crippen molar-refractivity contribution >= 4 is 22.6 Å². The Bertz CT molecular complexity index is 575. The predicted molar refractivity (Wildman–Crippen MR) is 76.8 cm³/mol. The van der Waals surface area contributed by atoms with Crippen LogP contribution >= 0.6 is 11.6 Å². The molecule has 19 heavy (non-hydrogen) atoms. The van der Waals surface area contributed by atoms with Gasteiger partial charge < -0.3 is 14.7 Å².